The lowest BCUT2D eigenvalue weighted by Gasteiger charge is -2.09. The molecule has 0 amide bonds. The first-order chi connectivity index (χ1) is 14.8. The lowest BCUT2D eigenvalue weighted by molar-refractivity contribution is -0.241. The summed E-state index contributed by atoms with van der Waals surface area (Å²) >= 11 is 0. The van der Waals surface area contributed by atoms with Crippen LogP contribution in [0.5, 0.6) is 0 Å². The zero-order valence-corrected chi connectivity index (χ0v) is 18.6. The highest BCUT2D eigenvalue weighted by Gasteiger charge is 2.14. The molecule has 164 valence electrons. The number of benzene rings is 2. The van der Waals surface area contributed by atoms with Crippen LogP contribution in [0, 0.1) is 0 Å². The third kappa shape index (κ3) is 9.58. The fraction of sp³-hybridized carbons (Fsp3) is 0.519. The van der Waals surface area contributed by atoms with E-state index in [4.69, 9.17) is 9.78 Å². The summed E-state index contributed by atoms with van der Waals surface area (Å²) in [5.74, 6) is -0.437. The van der Waals surface area contributed by atoms with E-state index in [1.165, 1.54) is 64.2 Å². The molecule has 2 aromatic carbocycles. The minimum Gasteiger partial charge on any atom is -0.293 e. The van der Waals surface area contributed by atoms with Crippen molar-refractivity contribution in [2.75, 3.05) is 6.61 Å². The highest BCUT2D eigenvalue weighted by atomic mass is 17.2. The zero-order valence-electron chi connectivity index (χ0n) is 18.6. The second-order valence-corrected chi connectivity index (χ2v) is 7.99. The van der Waals surface area contributed by atoms with Gasteiger partial charge >= 0.3 is 5.97 Å². The summed E-state index contributed by atoms with van der Waals surface area (Å²) in [7, 11) is 0. The van der Waals surface area contributed by atoms with Gasteiger partial charge in [0.15, 0.2) is 0 Å². The fourth-order valence-corrected chi connectivity index (χ4v) is 3.67. The monoisotopic (exact) mass is 410 g/mol. The topological polar surface area (TPSA) is 35.5 Å². The van der Waals surface area contributed by atoms with Crippen LogP contribution < -0.4 is 0 Å². The van der Waals surface area contributed by atoms with Crippen LogP contribution in [-0.2, 0) is 9.78 Å². The van der Waals surface area contributed by atoms with Crippen LogP contribution in [0.4, 0.5) is 0 Å². The van der Waals surface area contributed by atoms with E-state index in [0.717, 1.165) is 24.0 Å². The summed E-state index contributed by atoms with van der Waals surface area (Å²) in [4.78, 5) is 22.6. The molecular weight excluding hydrogens is 372 g/mol. The first-order valence-corrected chi connectivity index (χ1v) is 11.8. The van der Waals surface area contributed by atoms with Crippen molar-refractivity contribution in [3.63, 3.8) is 0 Å². The Bertz CT molecular complexity index is 696. The van der Waals surface area contributed by atoms with Gasteiger partial charge in [-0.25, -0.2) is 4.79 Å². The second kappa shape index (κ2) is 15.7. The largest absolute Gasteiger partial charge is 0.373 e. The number of unbranched alkanes of at least 4 members (excludes halogenated alkanes) is 11. The van der Waals surface area contributed by atoms with Gasteiger partial charge < -0.3 is 0 Å². The van der Waals surface area contributed by atoms with E-state index < -0.39 is 5.97 Å². The highest BCUT2D eigenvalue weighted by molar-refractivity contribution is 5.96. The SMILES string of the molecule is CCCCCCCCCCCCCCOOC(=O)c1ccccc1-c1ccccc1. The Labute approximate surface area is 182 Å². The minimum absolute atomic E-state index is 0.437. The van der Waals surface area contributed by atoms with Crippen LogP contribution in [0.1, 0.15) is 94.3 Å². The fourth-order valence-electron chi connectivity index (χ4n) is 3.67. The van der Waals surface area contributed by atoms with Gasteiger partial charge in [-0.3, -0.25) is 4.89 Å². The van der Waals surface area contributed by atoms with Gasteiger partial charge in [0.1, 0.15) is 0 Å². The molecule has 3 nitrogen and oxygen atoms in total. The van der Waals surface area contributed by atoms with Gasteiger partial charge in [-0.1, -0.05) is 126 Å². The third-order valence-electron chi connectivity index (χ3n) is 5.45. The Morgan fingerprint density at radius 3 is 1.83 bits per heavy atom. The Balaban J connectivity index is 1.52. The molecule has 2 aromatic rings. The van der Waals surface area contributed by atoms with Gasteiger partial charge in [0.2, 0.25) is 0 Å². The molecule has 0 heterocycles. The Morgan fingerprint density at radius 1 is 0.667 bits per heavy atom. The van der Waals surface area contributed by atoms with Crippen LogP contribution in [0.2, 0.25) is 0 Å². The maximum atomic E-state index is 12.4. The third-order valence-corrected chi connectivity index (χ3v) is 5.45. The lowest BCUT2D eigenvalue weighted by Crippen LogP contribution is -2.08. The summed E-state index contributed by atoms with van der Waals surface area (Å²) < 4.78 is 0. The number of carbonyl (C=O) groups is 1. The first-order valence-electron chi connectivity index (χ1n) is 11.8. The average molecular weight is 411 g/mol. The summed E-state index contributed by atoms with van der Waals surface area (Å²) in [6.45, 7) is 2.72. The van der Waals surface area contributed by atoms with Crippen molar-refractivity contribution in [2.45, 2.75) is 84.0 Å². The maximum Gasteiger partial charge on any atom is 0.373 e. The molecule has 0 aliphatic rings. The molecule has 0 atom stereocenters. The number of rotatable bonds is 16. The molecule has 30 heavy (non-hydrogen) atoms. The van der Waals surface area contributed by atoms with Crippen LogP contribution in [0.15, 0.2) is 54.6 Å². The Kier molecular flexibility index (Phi) is 12.6. The molecule has 0 saturated carbocycles. The van der Waals surface area contributed by atoms with E-state index in [1.807, 2.05) is 48.5 Å². The van der Waals surface area contributed by atoms with Gasteiger partial charge in [-0.2, -0.15) is 4.89 Å². The van der Waals surface area contributed by atoms with Crippen molar-refractivity contribution in [1.82, 2.24) is 0 Å². The maximum absolute atomic E-state index is 12.4. The molecule has 2 rings (SSSR count). The molecule has 0 radical (unpaired) electrons. The van der Waals surface area contributed by atoms with E-state index >= 15 is 0 Å². The molecule has 3 heteroatoms. The smallest absolute Gasteiger partial charge is 0.293 e. The lowest BCUT2D eigenvalue weighted by atomic mass is 10.00. The molecule has 0 aromatic heterocycles. The number of hydrogen-bond donors (Lipinski definition) is 0. The van der Waals surface area contributed by atoms with Gasteiger partial charge in [0, 0.05) is 0 Å². The van der Waals surface area contributed by atoms with Crippen molar-refractivity contribution < 1.29 is 14.6 Å². The van der Waals surface area contributed by atoms with E-state index in [2.05, 4.69) is 6.92 Å². The van der Waals surface area contributed by atoms with Crippen molar-refractivity contribution in [1.29, 1.82) is 0 Å². The van der Waals surface area contributed by atoms with Crippen LogP contribution in [0.3, 0.4) is 0 Å². The molecule has 0 aliphatic heterocycles. The molecule has 0 N–H and O–H groups in total. The van der Waals surface area contributed by atoms with Crippen LogP contribution in [0.25, 0.3) is 11.1 Å². The molecule has 0 unspecified atom stereocenters. The van der Waals surface area contributed by atoms with Gasteiger partial charge in [-0.15, -0.1) is 0 Å². The van der Waals surface area contributed by atoms with Gasteiger partial charge in [0.05, 0.1) is 12.2 Å². The molecule has 0 fully saturated rings. The molecule has 0 saturated heterocycles. The highest BCUT2D eigenvalue weighted by Crippen LogP contribution is 2.24. The normalized spacial score (nSPS) is 10.8. The standard InChI is InChI=1S/C27H38O3/c1-2-3-4-5-6-7-8-9-10-11-12-18-23-29-30-27(28)26-22-17-16-21-25(26)24-19-14-13-15-20-24/h13-17,19-22H,2-12,18,23H2,1H3. The molecular formula is C27H38O3. The van der Waals surface area contributed by atoms with E-state index in [0.29, 0.717) is 12.2 Å². The molecule has 0 bridgehead atoms. The van der Waals surface area contributed by atoms with E-state index in [1.54, 1.807) is 6.07 Å². The molecule has 0 aliphatic carbocycles. The van der Waals surface area contributed by atoms with Crippen molar-refractivity contribution in [2.24, 2.45) is 0 Å². The van der Waals surface area contributed by atoms with Gasteiger partial charge in [0.25, 0.3) is 0 Å². The first kappa shape index (κ1) is 24.1. The van der Waals surface area contributed by atoms with Crippen molar-refractivity contribution in [3.8, 4) is 11.1 Å². The Morgan fingerprint density at radius 2 is 1.20 bits per heavy atom. The van der Waals surface area contributed by atoms with E-state index in [-0.39, 0.29) is 0 Å². The molecule has 0 spiro atoms. The summed E-state index contributed by atoms with van der Waals surface area (Å²) in [6.07, 6.45) is 15.5. The van der Waals surface area contributed by atoms with Crippen LogP contribution in [-0.4, -0.2) is 12.6 Å². The second-order valence-electron chi connectivity index (χ2n) is 7.99. The average Bonchev–Trinajstić information content (AvgIpc) is 2.79. The summed E-state index contributed by atoms with van der Waals surface area (Å²) in [5.41, 5.74) is 2.38. The predicted molar refractivity (Wildman–Crippen MR) is 124 cm³/mol. The number of hydrogen-bond acceptors (Lipinski definition) is 3. The van der Waals surface area contributed by atoms with E-state index in [9.17, 15) is 4.79 Å². The van der Waals surface area contributed by atoms with Crippen molar-refractivity contribution in [3.05, 3.63) is 60.2 Å². The van der Waals surface area contributed by atoms with Gasteiger partial charge in [-0.05, 0) is 23.6 Å². The summed E-state index contributed by atoms with van der Waals surface area (Å²) in [5, 5.41) is 0. The predicted octanol–water partition coefficient (Wildman–Crippen LogP) is 8.14. The van der Waals surface area contributed by atoms with Crippen LogP contribution >= 0.6 is 0 Å². The Hall–Kier alpha value is -2.13. The quantitative estimate of drug-likeness (QED) is 0.159. The summed E-state index contributed by atoms with van der Waals surface area (Å²) in [6, 6.07) is 17.3. The zero-order chi connectivity index (χ0) is 21.3. The number of carbonyl (C=O) groups excluding carboxylic acids is 1. The minimum atomic E-state index is -0.437. The van der Waals surface area contributed by atoms with Crippen molar-refractivity contribution >= 4 is 5.97 Å².